The monoisotopic (exact) mass is 351 g/mol. The highest BCUT2D eigenvalue weighted by Gasteiger charge is 2.35. The van der Waals surface area contributed by atoms with E-state index in [-0.39, 0.29) is 22.0 Å². The standard InChI is InChI=1S/C14H17N5O4S/c20-13-11-5-10(6-15-12(11)17-14(21)18-13)24(22,23)19-4-3-8-1-2-9(7-19)16-8/h5-6,8-9,16H,1-4,7H2,(H2,15,17,18,20,21). The van der Waals surface area contributed by atoms with Gasteiger partial charge in [-0.1, -0.05) is 0 Å². The Morgan fingerprint density at radius 3 is 2.75 bits per heavy atom. The summed E-state index contributed by atoms with van der Waals surface area (Å²) in [6.45, 7) is 0.857. The molecule has 0 amide bonds. The van der Waals surface area contributed by atoms with Crippen molar-refractivity contribution in [3.8, 4) is 0 Å². The lowest BCUT2D eigenvalue weighted by Gasteiger charge is -2.23. The molecule has 2 aromatic heterocycles. The predicted octanol–water partition coefficient (Wildman–Crippen LogP) is -0.874. The van der Waals surface area contributed by atoms with Crippen LogP contribution in [0.2, 0.25) is 0 Å². The maximum atomic E-state index is 12.9. The highest BCUT2D eigenvalue weighted by atomic mass is 32.2. The summed E-state index contributed by atoms with van der Waals surface area (Å²) in [5.41, 5.74) is -1.26. The number of hydrogen-bond acceptors (Lipinski definition) is 6. The van der Waals surface area contributed by atoms with Crippen molar-refractivity contribution in [2.45, 2.75) is 36.2 Å². The summed E-state index contributed by atoms with van der Waals surface area (Å²) < 4.78 is 27.3. The van der Waals surface area contributed by atoms with E-state index in [0.29, 0.717) is 19.1 Å². The Morgan fingerprint density at radius 2 is 1.92 bits per heavy atom. The van der Waals surface area contributed by atoms with Gasteiger partial charge in [0.1, 0.15) is 10.5 Å². The van der Waals surface area contributed by atoms with Gasteiger partial charge < -0.3 is 5.32 Å². The molecule has 128 valence electrons. The number of pyridine rings is 1. The maximum absolute atomic E-state index is 12.9. The van der Waals surface area contributed by atoms with Crippen LogP contribution in [0.15, 0.2) is 26.7 Å². The molecule has 2 aliphatic rings. The van der Waals surface area contributed by atoms with Crippen molar-refractivity contribution in [1.29, 1.82) is 0 Å². The Bertz CT molecular complexity index is 1010. The molecule has 4 rings (SSSR count). The molecule has 0 spiro atoms. The average molecular weight is 351 g/mol. The van der Waals surface area contributed by atoms with Crippen molar-refractivity contribution < 1.29 is 8.42 Å². The SMILES string of the molecule is O=c1[nH]c(=O)c2cc(S(=O)(=O)N3CCC4CCC(C3)N4)cnc2[nH]1. The fourth-order valence-electron chi connectivity index (χ4n) is 3.45. The second-order valence-electron chi connectivity index (χ2n) is 6.27. The van der Waals surface area contributed by atoms with E-state index in [4.69, 9.17) is 0 Å². The molecule has 2 aliphatic heterocycles. The van der Waals surface area contributed by atoms with E-state index >= 15 is 0 Å². The number of hydrogen-bond donors (Lipinski definition) is 3. The lowest BCUT2D eigenvalue weighted by molar-refractivity contribution is 0.383. The molecule has 10 heteroatoms. The summed E-state index contributed by atoms with van der Waals surface area (Å²) in [5, 5.41) is 3.48. The minimum absolute atomic E-state index is 0.0367. The molecular weight excluding hydrogens is 334 g/mol. The molecule has 3 N–H and O–H groups in total. The normalized spacial score (nSPS) is 25.0. The maximum Gasteiger partial charge on any atom is 0.327 e. The average Bonchev–Trinajstić information content (AvgIpc) is 2.85. The number of nitrogens with one attached hydrogen (secondary N) is 3. The Morgan fingerprint density at radius 1 is 1.12 bits per heavy atom. The van der Waals surface area contributed by atoms with Crippen LogP contribution < -0.4 is 16.6 Å². The first-order chi connectivity index (χ1) is 11.4. The molecule has 0 aliphatic carbocycles. The van der Waals surface area contributed by atoms with Crippen molar-refractivity contribution in [2.24, 2.45) is 0 Å². The molecule has 0 saturated carbocycles. The number of rotatable bonds is 2. The number of aromatic amines is 2. The quantitative estimate of drug-likeness (QED) is 0.645. The van der Waals surface area contributed by atoms with E-state index in [9.17, 15) is 18.0 Å². The first-order valence-corrected chi connectivity index (χ1v) is 9.26. The van der Waals surface area contributed by atoms with Crippen LogP contribution in [0.25, 0.3) is 11.0 Å². The van der Waals surface area contributed by atoms with E-state index in [2.05, 4.69) is 20.3 Å². The van der Waals surface area contributed by atoms with Crippen LogP contribution >= 0.6 is 0 Å². The molecule has 4 heterocycles. The van der Waals surface area contributed by atoms with Crippen LogP contribution in [-0.2, 0) is 10.0 Å². The Labute approximate surface area is 137 Å². The Hall–Kier alpha value is -2.04. The first kappa shape index (κ1) is 15.5. The molecule has 2 bridgehead atoms. The number of H-pyrrole nitrogens is 2. The summed E-state index contributed by atoms with van der Waals surface area (Å²) in [5.74, 6) is 0. The van der Waals surface area contributed by atoms with Gasteiger partial charge in [0, 0.05) is 31.4 Å². The van der Waals surface area contributed by atoms with Crippen LogP contribution in [0, 0.1) is 0 Å². The van der Waals surface area contributed by atoms with Gasteiger partial charge in [-0.15, -0.1) is 0 Å². The van der Waals surface area contributed by atoms with Crippen LogP contribution in [0.3, 0.4) is 0 Å². The van der Waals surface area contributed by atoms with Crippen LogP contribution in [0.1, 0.15) is 19.3 Å². The zero-order valence-corrected chi connectivity index (χ0v) is 13.6. The Kier molecular flexibility index (Phi) is 3.55. The number of sulfonamides is 1. The van der Waals surface area contributed by atoms with Gasteiger partial charge in [-0.25, -0.2) is 18.2 Å². The van der Waals surface area contributed by atoms with E-state index in [0.717, 1.165) is 19.3 Å². The van der Waals surface area contributed by atoms with Crippen molar-refractivity contribution in [1.82, 2.24) is 24.6 Å². The van der Waals surface area contributed by atoms with Crippen molar-refractivity contribution in [3.05, 3.63) is 33.1 Å². The van der Waals surface area contributed by atoms with Crippen LogP contribution in [-0.4, -0.2) is 52.8 Å². The van der Waals surface area contributed by atoms with Crippen LogP contribution in [0.5, 0.6) is 0 Å². The van der Waals surface area contributed by atoms with Gasteiger partial charge in [-0.05, 0) is 25.3 Å². The van der Waals surface area contributed by atoms with Gasteiger partial charge in [-0.3, -0.25) is 14.8 Å². The molecule has 9 nitrogen and oxygen atoms in total. The molecule has 2 atom stereocenters. The van der Waals surface area contributed by atoms with E-state index in [1.165, 1.54) is 16.6 Å². The summed E-state index contributed by atoms with van der Waals surface area (Å²) in [7, 11) is -3.74. The zero-order chi connectivity index (χ0) is 16.9. The van der Waals surface area contributed by atoms with Gasteiger partial charge >= 0.3 is 5.69 Å². The second kappa shape index (κ2) is 5.50. The highest BCUT2D eigenvalue weighted by molar-refractivity contribution is 7.89. The third kappa shape index (κ3) is 2.56. The van der Waals surface area contributed by atoms with Crippen molar-refractivity contribution in [2.75, 3.05) is 13.1 Å². The number of nitrogens with zero attached hydrogens (tertiary/aromatic N) is 2. The summed E-state index contributed by atoms with van der Waals surface area (Å²) in [4.78, 5) is 31.5. The van der Waals surface area contributed by atoms with Gasteiger partial charge in [-0.2, -0.15) is 4.31 Å². The van der Waals surface area contributed by atoms with Gasteiger partial charge in [0.05, 0.1) is 5.39 Å². The van der Waals surface area contributed by atoms with Crippen molar-refractivity contribution in [3.63, 3.8) is 0 Å². The van der Waals surface area contributed by atoms with E-state index in [1.807, 2.05) is 0 Å². The zero-order valence-electron chi connectivity index (χ0n) is 12.8. The highest BCUT2D eigenvalue weighted by Crippen LogP contribution is 2.25. The third-order valence-corrected chi connectivity index (χ3v) is 6.52. The van der Waals surface area contributed by atoms with E-state index in [1.54, 1.807) is 0 Å². The predicted molar refractivity (Wildman–Crippen MR) is 86.3 cm³/mol. The third-order valence-electron chi connectivity index (χ3n) is 4.69. The lowest BCUT2D eigenvalue weighted by Crippen LogP contribution is -2.39. The first-order valence-electron chi connectivity index (χ1n) is 7.82. The number of fused-ring (bicyclic) bond motifs is 3. The largest absolute Gasteiger partial charge is 0.327 e. The summed E-state index contributed by atoms with van der Waals surface area (Å²) >= 11 is 0. The van der Waals surface area contributed by atoms with Gasteiger partial charge in [0.25, 0.3) is 5.56 Å². The molecule has 2 fully saturated rings. The van der Waals surface area contributed by atoms with Gasteiger partial charge in [0.2, 0.25) is 10.0 Å². The lowest BCUT2D eigenvalue weighted by atomic mass is 10.1. The summed E-state index contributed by atoms with van der Waals surface area (Å²) in [6, 6.07) is 1.81. The van der Waals surface area contributed by atoms with Gasteiger partial charge in [0.15, 0.2) is 0 Å². The molecule has 24 heavy (non-hydrogen) atoms. The van der Waals surface area contributed by atoms with Crippen LogP contribution in [0.4, 0.5) is 0 Å². The fraction of sp³-hybridized carbons (Fsp3) is 0.500. The second-order valence-corrected chi connectivity index (χ2v) is 8.20. The Balaban J connectivity index is 1.75. The minimum Gasteiger partial charge on any atom is -0.310 e. The molecule has 2 saturated heterocycles. The minimum atomic E-state index is -3.74. The van der Waals surface area contributed by atoms with Crippen molar-refractivity contribution >= 4 is 21.1 Å². The fourth-order valence-corrected chi connectivity index (χ4v) is 4.92. The molecule has 0 aromatic carbocycles. The molecule has 0 radical (unpaired) electrons. The molecule has 2 aromatic rings. The number of aromatic nitrogens is 3. The summed E-state index contributed by atoms with van der Waals surface area (Å²) in [6.07, 6.45) is 4.00. The molecule has 2 unspecified atom stereocenters. The van der Waals surface area contributed by atoms with E-state index < -0.39 is 21.3 Å². The topological polar surface area (TPSA) is 128 Å². The molecular formula is C14H17N5O4S. The smallest absolute Gasteiger partial charge is 0.310 e.